The van der Waals surface area contributed by atoms with Crippen LogP contribution in [0.1, 0.15) is 5.56 Å². The molecule has 0 radical (unpaired) electrons. The summed E-state index contributed by atoms with van der Waals surface area (Å²) in [5.74, 6) is 0.706. The zero-order valence-electron chi connectivity index (χ0n) is 11.6. The van der Waals surface area contributed by atoms with Crippen molar-refractivity contribution in [3.63, 3.8) is 0 Å². The van der Waals surface area contributed by atoms with Crippen LogP contribution in [0, 0.1) is 0 Å². The third kappa shape index (κ3) is 4.17. The van der Waals surface area contributed by atoms with Crippen molar-refractivity contribution in [1.29, 1.82) is 0 Å². The molecule has 116 valence electrons. The number of alkyl halides is 3. The van der Waals surface area contributed by atoms with E-state index in [-0.39, 0.29) is 16.6 Å². The van der Waals surface area contributed by atoms with Gasteiger partial charge in [-0.3, -0.25) is 0 Å². The molecule has 0 spiro atoms. The first-order chi connectivity index (χ1) is 10.4. The molecule has 7 heteroatoms. The van der Waals surface area contributed by atoms with Crippen LogP contribution in [0.25, 0.3) is 0 Å². The Bertz CT molecular complexity index is 672. The summed E-state index contributed by atoms with van der Waals surface area (Å²) in [5.41, 5.74) is 4.83. The minimum atomic E-state index is -4.45. The summed E-state index contributed by atoms with van der Waals surface area (Å²) >= 11 is 1.14. The molecule has 0 heterocycles. The number of amidine groups is 1. The fourth-order valence-corrected chi connectivity index (χ4v) is 1.84. The lowest BCUT2D eigenvalue weighted by Gasteiger charge is -2.12. The third-order valence-electron chi connectivity index (χ3n) is 2.70. The van der Waals surface area contributed by atoms with E-state index in [0.717, 1.165) is 23.9 Å². The number of para-hydroxylation sites is 1. The van der Waals surface area contributed by atoms with Crippen molar-refractivity contribution < 1.29 is 17.9 Å². The number of aliphatic imine (C=N–C) groups is 1. The summed E-state index contributed by atoms with van der Waals surface area (Å²) in [7, 11) is 0. The van der Waals surface area contributed by atoms with Crippen LogP contribution >= 0.6 is 11.8 Å². The van der Waals surface area contributed by atoms with E-state index in [9.17, 15) is 13.2 Å². The summed E-state index contributed by atoms with van der Waals surface area (Å²) in [6, 6.07) is 11.8. The Kier molecular flexibility index (Phi) is 4.97. The molecule has 0 amide bonds. The standard InChI is InChI=1S/C15H13F3N2OS/c1-22-14(19)20-12-9-10(15(16,17)18)7-8-13(12)21-11-5-3-2-4-6-11/h2-9H,1H3,(H2,19,20). The molecular formula is C15H13F3N2OS. The van der Waals surface area contributed by atoms with Crippen LogP contribution in [0.3, 0.4) is 0 Å². The molecule has 3 nitrogen and oxygen atoms in total. The zero-order valence-corrected chi connectivity index (χ0v) is 12.4. The van der Waals surface area contributed by atoms with Gasteiger partial charge in [0.2, 0.25) is 0 Å². The molecule has 0 bridgehead atoms. The van der Waals surface area contributed by atoms with E-state index >= 15 is 0 Å². The van der Waals surface area contributed by atoms with Crippen LogP contribution in [-0.2, 0) is 6.18 Å². The van der Waals surface area contributed by atoms with Crippen molar-refractivity contribution >= 4 is 22.6 Å². The van der Waals surface area contributed by atoms with Gasteiger partial charge in [0, 0.05) is 0 Å². The molecule has 0 aliphatic carbocycles. The predicted molar refractivity (Wildman–Crippen MR) is 82.8 cm³/mol. The van der Waals surface area contributed by atoms with Gasteiger partial charge >= 0.3 is 6.18 Å². The van der Waals surface area contributed by atoms with Gasteiger partial charge in [0.25, 0.3) is 0 Å². The van der Waals surface area contributed by atoms with Gasteiger partial charge in [-0.05, 0) is 36.6 Å². The smallest absolute Gasteiger partial charge is 0.416 e. The van der Waals surface area contributed by atoms with Crippen molar-refractivity contribution in [3.8, 4) is 11.5 Å². The molecule has 2 rings (SSSR count). The minimum Gasteiger partial charge on any atom is -0.455 e. The third-order valence-corrected chi connectivity index (χ3v) is 3.21. The molecule has 0 atom stereocenters. The maximum absolute atomic E-state index is 12.8. The Balaban J connectivity index is 2.44. The van der Waals surface area contributed by atoms with Gasteiger partial charge in [-0.25, -0.2) is 4.99 Å². The van der Waals surface area contributed by atoms with Crippen LogP contribution in [0.2, 0.25) is 0 Å². The summed E-state index contributed by atoms with van der Waals surface area (Å²) in [4.78, 5) is 3.98. The molecule has 0 aliphatic rings. The number of nitrogens with two attached hydrogens (primary N) is 1. The normalized spacial score (nSPS) is 12.3. The Morgan fingerprint density at radius 1 is 1.14 bits per heavy atom. The van der Waals surface area contributed by atoms with E-state index in [4.69, 9.17) is 10.5 Å². The Morgan fingerprint density at radius 3 is 2.41 bits per heavy atom. The second-order valence-electron chi connectivity index (χ2n) is 4.25. The van der Waals surface area contributed by atoms with E-state index in [2.05, 4.69) is 4.99 Å². The highest BCUT2D eigenvalue weighted by atomic mass is 32.2. The monoisotopic (exact) mass is 326 g/mol. The van der Waals surface area contributed by atoms with Gasteiger partial charge in [-0.15, -0.1) is 0 Å². The SMILES string of the molecule is CSC(N)=Nc1cc(C(F)(F)F)ccc1Oc1ccccc1. The molecule has 22 heavy (non-hydrogen) atoms. The van der Waals surface area contributed by atoms with Gasteiger partial charge in [0.1, 0.15) is 11.4 Å². The fourth-order valence-electron chi connectivity index (χ4n) is 1.65. The van der Waals surface area contributed by atoms with Crippen LogP contribution < -0.4 is 10.5 Å². The molecular weight excluding hydrogens is 313 g/mol. The second-order valence-corrected chi connectivity index (χ2v) is 5.08. The van der Waals surface area contributed by atoms with Crippen LogP contribution in [0.4, 0.5) is 18.9 Å². The molecule has 0 saturated heterocycles. The van der Waals surface area contributed by atoms with Gasteiger partial charge in [0.05, 0.1) is 5.56 Å². The first-order valence-electron chi connectivity index (χ1n) is 6.22. The van der Waals surface area contributed by atoms with Gasteiger partial charge < -0.3 is 10.5 Å². The Labute approximate surface area is 130 Å². The largest absolute Gasteiger partial charge is 0.455 e. The quantitative estimate of drug-likeness (QED) is 0.650. The van der Waals surface area contributed by atoms with Gasteiger partial charge in [-0.2, -0.15) is 13.2 Å². The van der Waals surface area contributed by atoms with E-state index in [1.54, 1.807) is 30.5 Å². The van der Waals surface area contributed by atoms with E-state index in [1.807, 2.05) is 6.07 Å². The molecule has 2 aromatic carbocycles. The Hall–Kier alpha value is -2.15. The van der Waals surface area contributed by atoms with E-state index in [1.165, 1.54) is 6.07 Å². The highest BCUT2D eigenvalue weighted by Crippen LogP contribution is 2.38. The molecule has 2 aromatic rings. The average Bonchev–Trinajstić information content (AvgIpc) is 2.49. The lowest BCUT2D eigenvalue weighted by molar-refractivity contribution is -0.137. The van der Waals surface area contributed by atoms with Crippen molar-refractivity contribution in [2.75, 3.05) is 6.26 Å². The van der Waals surface area contributed by atoms with Crippen LogP contribution in [0.5, 0.6) is 11.5 Å². The van der Waals surface area contributed by atoms with Gasteiger partial charge in [-0.1, -0.05) is 30.0 Å². The van der Waals surface area contributed by atoms with Crippen molar-refractivity contribution in [2.24, 2.45) is 10.7 Å². The lowest BCUT2D eigenvalue weighted by Crippen LogP contribution is -2.06. The molecule has 0 aliphatic heterocycles. The number of halogens is 3. The first kappa shape index (κ1) is 16.2. The highest BCUT2D eigenvalue weighted by Gasteiger charge is 2.31. The summed E-state index contributed by atoms with van der Waals surface area (Å²) in [6.07, 6.45) is -2.77. The van der Waals surface area contributed by atoms with Crippen molar-refractivity contribution in [1.82, 2.24) is 0 Å². The maximum Gasteiger partial charge on any atom is 0.416 e. The fraction of sp³-hybridized carbons (Fsp3) is 0.133. The highest BCUT2D eigenvalue weighted by molar-refractivity contribution is 8.13. The lowest BCUT2D eigenvalue weighted by atomic mass is 10.2. The van der Waals surface area contributed by atoms with Gasteiger partial charge in [0.15, 0.2) is 10.9 Å². The van der Waals surface area contributed by atoms with Crippen LogP contribution in [0.15, 0.2) is 53.5 Å². The molecule has 2 N–H and O–H groups in total. The number of benzene rings is 2. The van der Waals surface area contributed by atoms with Crippen molar-refractivity contribution in [2.45, 2.75) is 6.18 Å². The number of hydrogen-bond donors (Lipinski definition) is 1. The van der Waals surface area contributed by atoms with E-state index < -0.39 is 11.7 Å². The topological polar surface area (TPSA) is 47.6 Å². The number of rotatable bonds is 3. The molecule has 0 saturated carbocycles. The number of ether oxygens (including phenoxy) is 1. The van der Waals surface area contributed by atoms with Crippen LogP contribution in [-0.4, -0.2) is 11.4 Å². The number of nitrogens with zero attached hydrogens (tertiary/aromatic N) is 1. The van der Waals surface area contributed by atoms with Crippen molar-refractivity contribution in [3.05, 3.63) is 54.1 Å². The number of hydrogen-bond acceptors (Lipinski definition) is 3. The first-order valence-corrected chi connectivity index (χ1v) is 7.45. The zero-order chi connectivity index (χ0) is 16.2. The van der Waals surface area contributed by atoms with E-state index in [0.29, 0.717) is 5.75 Å². The predicted octanol–water partition coefficient (Wildman–Crippen LogP) is 4.81. The maximum atomic E-state index is 12.8. The minimum absolute atomic E-state index is 0.0329. The second kappa shape index (κ2) is 6.74. The molecule has 0 aromatic heterocycles. The average molecular weight is 326 g/mol. The Morgan fingerprint density at radius 2 is 1.82 bits per heavy atom. The summed E-state index contributed by atoms with van der Waals surface area (Å²) in [5, 5.41) is 0.150. The molecule has 0 fully saturated rings. The summed E-state index contributed by atoms with van der Waals surface area (Å²) < 4.78 is 44.0. The number of thioether (sulfide) groups is 1. The summed E-state index contributed by atoms with van der Waals surface area (Å²) in [6.45, 7) is 0. The molecule has 0 unspecified atom stereocenters.